The van der Waals surface area contributed by atoms with Gasteiger partial charge in [0.1, 0.15) is 29.3 Å². The van der Waals surface area contributed by atoms with Crippen LogP contribution in [0.2, 0.25) is 0 Å². The Hall–Kier alpha value is -4.04. The van der Waals surface area contributed by atoms with E-state index in [1.807, 2.05) is 45.0 Å². The van der Waals surface area contributed by atoms with Crippen molar-refractivity contribution in [1.82, 2.24) is 14.9 Å². The van der Waals surface area contributed by atoms with Crippen LogP contribution >= 0.6 is 0 Å². The van der Waals surface area contributed by atoms with Crippen molar-refractivity contribution in [2.75, 3.05) is 49.5 Å². The number of hydrogen-bond acceptors (Lipinski definition) is 6. The third-order valence-electron chi connectivity index (χ3n) is 7.02. The summed E-state index contributed by atoms with van der Waals surface area (Å²) in [6, 6.07) is 22.4. The van der Waals surface area contributed by atoms with Crippen LogP contribution in [0.1, 0.15) is 33.3 Å². The number of imidazole rings is 1. The van der Waals surface area contributed by atoms with Gasteiger partial charge in [0, 0.05) is 44.0 Å². The van der Waals surface area contributed by atoms with Gasteiger partial charge in [0.05, 0.1) is 11.2 Å². The largest absolute Gasteiger partial charge is 0.492 e. The zero-order valence-corrected chi connectivity index (χ0v) is 23.9. The first-order chi connectivity index (χ1) is 19.3. The van der Waals surface area contributed by atoms with Gasteiger partial charge in [0.2, 0.25) is 0 Å². The molecule has 0 radical (unpaired) electrons. The van der Waals surface area contributed by atoms with Gasteiger partial charge in [-0.2, -0.15) is 0 Å². The van der Waals surface area contributed by atoms with Crippen LogP contribution in [-0.4, -0.2) is 65.9 Å². The second-order valence-corrected chi connectivity index (χ2v) is 11.1. The molecule has 8 heteroatoms. The maximum absolute atomic E-state index is 11.9. The molecule has 1 aliphatic heterocycles. The van der Waals surface area contributed by atoms with Crippen LogP contribution in [0.3, 0.4) is 0 Å². The molecule has 0 bridgehead atoms. The summed E-state index contributed by atoms with van der Waals surface area (Å²) in [4.78, 5) is 25.3. The van der Waals surface area contributed by atoms with Crippen molar-refractivity contribution in [2.45, 2.75) is 39.7 Å². The molecule has 0 atom stereocenters. The number of H-pyrrole nitrogens is 1. The number of hydrogen-bond donors (Lipinski definition) is 2. The van der Waals surface area contributed by atoms with E-state index in [0.29, 0.717) is 12.3 Å². The minimum absolute atomic E-state index is 0.467. The molecular weight excluding hydrogens is 502 g/mol. The number of ether oxygens (including phenoxy) is 2. The number of nitrogens with one attached hydrogen (secondary N) is 2. The van der Waals surface area contributed by atoms with Crippen LogP contribution in [0.25, 0.3) is 22.4 Å². The molecule has 40 heavy (non-hydrogen) atoms. The van der Waals surface area contributed by atoms with Crippen molar-refractivity contribution in [3.63, 3.8) is 0 Å². The minimum atomic E-state index is -0.532. The third kappa shape index (κ3) is 6.93. The van der Waals surface area contributed by atoms with E-state index in [1.54, 1.807) is 0 Å². The molecule has 1 aliphatic rings. The Labute approximate surface area is 236 Å². The average Bonchev–Trinajstić information content (AvgIpc) is 3.38. The first kappa shape index (κ1) is 27.5. The van der Waals surface area contributed by atoms with Crippen LogP contribution in [-0.2, 0) is 11.2 Å². The van der Waals surface area contributed by atoms with Crippen LogP contribution in [0.4, 0.5) is 16.2 Å². The Morgan fingerprint density at radius 1 is 0.975 bits per heavy atom. The van der Waals surface area contributed by atoms with Gasteiger partial charge >= 0.3 is 6.09 Å². The van der Waals surface area contributed by atoms with Gasteiger partial charge in [-0.25, -0.2) is 9.78 Å². The number of aromatic amines is 1. The van der Waals surface area contributed by atoms with Crippen LogP contribution in [0.15, 0.2) is 66.7 Å². The Morgan fingerprint density at radius 3 is 2.38 bits per heavy atom. The predicted molar refractivity (Wildman–Crippen MR) is 161 cm³/mol. The average molecular weight is 542 g/mol. The Balaban J connectivity index is 1.11. The fourth-order valence-electron chi connectivity index (χ4n) is 4.87. The number of fused-ring (bicyclic) bond motifs is 1. The van der Waals surface area contributed by atoms with Gasteiger partial charge in [-0.15, -0.1) is 0 Å². The minimum Gasteiger partial charge on any atom is -0.492 e. The fourth-order valence-corrected chi connectivity index (χ4v) is 4.87. The number of carbonyl (C=O) groups excluding carboxylic acids is 1. The lowest BCUT2D eigenvalue weighted by molar-refractivity contribution is 0.0636. The molecule has 1 aromatic heterocycles. The molecule has 4 aromatic rings. The molecule has 0 aliphatic carbocycles. The van der Waals surface area contributed by atoms with Crippen molar-refractivity contribution in [1.29, 1.82) is 0 Å². The van der Waals surface area contributed by atoms with Gasteiger partial charge in [-0.3, -0.25) is 10.2 Å². The number of amides is 1. The number of carbonyl (C=O) groups is 1. The maximum Gasteiger partial charge on any atom is 0.412 e. The summed E-state index contributed by atoms with van der Waals surface area (Å²) in [7, 11) is 0. The van der Waals surface area contributed by atoms with Crippen molar-refractivity contribution < 1.29 is 14.3 Å². The Bertz CT molecular complexity index is 1420. The molecule has 1 fully saturated rings. The fraction of sp³-hybridized carbons (Fsp3) is 0.375. The monoisotopic (exact) mass is 541 g/mol. The molecule has 210 valence electrons. The number of rotatable bonds is 8. The number of benzene rings is 3. The maximum atomic E-state index is 11.9. The van der Waals surface area contributed by atoms with Gasteiger partial charge < -0.3 is 19.4 Å². The number of para-hydroxylation sites is 1. The topological polar surface area (TPSA) is 82.7 Å². The zero-order valence-electron chi connectivity index (χ0n) is 23.9. The standard InChI is InChI=1S/C32H39N5O3/c1-5-23-9-11-24(12-10-23)30-34-27-7-6-8-28(29(27)35-30)37-19-17-36(18-20-37)21-22-39-26-15-13-25(14-16-26)33-31(38)40-32(2,3)4/h6-16H,5,17-22H2,1-4H3,(H,33,38)(H,34,35). The SMILES string of the molecule is CCc1ccc(-c2nc3c(N4CCN(CCOc5ccc(NC(=O)OC(C)(C)C)cc5)CC4)cccc3[nH]2)cc1. The molecule has 1 amide bonds. The number of aryl methyl sites for hydroxylation is 1. The van der Waals surface area contributed by atoms with Gasteiger partial charge in [0.25, 0.3) is 0 Å². The lowest BCUT2D eigenvalue weighted by atomic mass is 10.1. The summed E-state index contributed by atoms with van der Waals surface area (Å²) in [6.07, 6.45) is 0.566. The lowest BCUT2D eigenvalue weighted by Gasteiger charge is -2.36. The number of piperazine rings is 1. The van der Waals surface area contributed by atoms with E-state index >= 15 is 0 Å². The molecule has 2 heterocycles. The van der Waals surface area contributed by atoms with Gasteiger partial charge in [-0.05, 0) is 69.2 Å². The molecule has 0 unspecified atom stereocenters. The Kier molecular flexibility index (Phi) is 8.26. The zero-order chi connectivity index (χ0) is 28.1. The van der Waals surface area contributed by atoms with Crippen LogP contribution in [0, 0.1) is 0 Å². The normalized spacial score (nSPS) is 14.3. The van der Waals surface area contributed by atoms with E-state index < -0.39 is 11.7 Å². The highest BCUT2D eigenvalue weighted by molar-refractivity contribution is 5.91. The van der Waals surface area contributed by atoms with E-state index in [0.717, 1.165) is 67.3 Å². The molecule has 0 spiro atoms. The van der Waals surface area contributed by atoms with E-state index in [-0.39, 0.29) is 0 Å². The summed E-state index contributed by atoms with van der Waals surface area (Å²) >= 11 is 0. The molecule has 3 aromatic carbocycles. The molecular formula is C32H39N5O3. The van der Waals surface area contributed by atoms with Gasteiger partial charge in [-0.1, -0.05) is 37.3 Å². The summed E-state index contributed by atoms with van der Waals surface area (Å²) in [6.45, 7) is 13.0. The summed E-state index contributed by atoms with van der Waals surface area (Å²) < 4.78 is 11.3. The second kappa shape index (κ2) is 12.0. The summed E-state index contributed by atoms with van der Waals surface area (Å²) in [5, 5.41) is 2.74. The van der Waals surface area contributed by atoms with Crippen molar-refractivity contribution in [2.24, 2.45) is 0 Å². The second-order valence-electron chi connectivity index (χ2n) is 11.1. The van der Waals surface area contributed by atoms with Crippen molar-refractivity contribution >= 4 is 28.5 Å². The van der Waals surface area contributed by atoms with Gasteiger partial charge in [0.15, 0.2) is 0 Å². The first-order valence-corrected chi connectivity index (χ1v) is 14.1. The van der Waals surface area contributed by atoms with Crippen molar-refractivity contribution in [3.05, 3.63) is 72.3 Å². The quantitative estimate of drug-likeness (QED) is 0.271. The number of anilines is 2. The Morgan fingerprint density at radius 2 is 1.70 bits per heavy atom. The summed E-state index contributed by atoms with van der Waals surface area (Å²) in [5.74, 6) is 1.69. The number of aromatic nitrogens is 2. The first-order valence-electron chi connectivity index (χ1n) is 14.1. The molecule has 8 nitrogen and oxygen atoms in total. The van der Waals surface area contributed by atoms with E-state index in [9.17, 15) is 4.79 Å². The lowest BCUT2D eigenvalue weighted by Crippen LogP contribution is -2.47. The van der Waals surface area contributed by atoms with Crippen molar-refractivity contribution in [3.8, 4) is 17.1 Å². The van der Waals surface area contributed by atoms with E-state index in [4.69, 9.17) is 14.5 Å². The van der Waals surface area contributed by atoms with Crippen LogP contribution < -0.4 is 15.0 Å². The highest BCUT2D eigenvalue weighted by Gasteiger charge is 2.20. The third-order valence-corrected chi connectivity index (χ3v) is 7.02. The van der Waals surface area contributed by atoms with E-state index in [1.165, 1.54) is 11.3 Å². The van der Waals surface area contributed by atoms with Crippen LogP contribution in [0.5, 0.6) is 5.75 Å². The predicted octanol–water partition coefficient (Wildman–Crippen LogP) is 6.34. The number of nitrogens with zero attached hydrogens (tertiary/aromatic N) is 3. The molecule has 0 saturated carbocycles. The smallest absolute Gasteiger partial charge is 0.412 e. The molecule has 5 rings (SSSR count). The highest BCUT2D eigenvalue weighted by atomic mass is 16.6. The van der Waals surface area contributed by atoms with E-state index in [2.05, 4.69) is 69.5 Å². The molecule has 1 saturated heterocycles. The molecule has 2 N–H and O–H groups in total. The highest BCUT2D eigenvalue weighted by Crippen LogP contribution is 2.29. The summed E-state index contributed by atoms with van der Waals surface area (Å²) in [5.41, 5.74) is 5.85.